The van der Waals surface area contributed by atoms with Gasteiger partial charge in [-0.25, -0.2) is 4.79 Å². The molecule has 98 valence electrons. The Balaban J connectivity index is 2.57. The molecule has 0 atom stereocenters. The molecule has 1 fully saturated rings. The first-order valence-electron chi connectivity index (χ1n) is 6.14. The van der Waals surface area contributed by atoms with Crippen LogP contribution < -0.4 is 5.32 Å². The van der Waals surface area contributed by atoms with Crippen LogP contribution in [0.5, 0.6) is 0 Å². The summed E-state index contributed by atoms with van der Waals surface area (Å²) in [6.45, 7) is 2.43. The van der Waals surface area contributed by atoms with E-state index in [2.05, 4.69) is 5.32 Å². The smallest absolute Gasteiger partial charge is 0.407 e. The molecule has 0 aromatic rings. The normalized spacial score (nSPS) is 18.5. The molecule has 0 aliphatic heterocycles. The maximum absolute atomic E-state index is 11.9. The van der Waals surface area contributed by atoms with Crippen molar-refractivity contribution in [2.45, 2.75) is 39.0 Å². The van der Waals surface area contributed by atoms with Crippen molar-refractivity contribution in [3.05, 3.63) is 0 Å². The lowest BCUT2D eigenvalue weighted by Gasteiger charge is -2.35. The van der Waals surface area contributed by atoms with Crippen LogP contribution in [0.4, 0.5) is 4.79 Å². The third-order valence-electron chi connectivity index (χ3n) is 3.37. The molecular formula is C12H20ClNO3. The van der Waals surface area contributed by atoms with E-state index < -0.39 is 11.5 Å². The third-order valence-corrected chi connectivity index (χ3v) is 3.61. The van der Waals surface area contributed by atoms with Crippen molar-refractivity contribution in [2.75, 3.05) is 19.0 Å². The van der Waals surface area contributed by atoms with Gasteiger partial charge in [0.25, 0.3) is 0 Å². The number of rotatable bonds is 5. The van der Waals surface area contributed by atoms with Crippen LogP contribution in [0.2, 0.25) is 0 Å². The lowest BCUT2D eigenvalue weighted by Crippen LogP contribution is -2.45. The summed E-state index contributed by atoms with van der Waals surface area (Å²) in [4.78, 5) is 23.2. The molecule has 17 heavy (non-hydrogen) atoms. The van der Waals surface area contributed by atoms with Gasteiger partial charge < -0.3 is 10.1 Å². The number of ketones is 1. The van der Waals surface area contributed by atoms with Gasteiger partial charge >= 0.3 is 6.09 Å². The summed E-state index contributed by atoms with van der Waals surface area (Å²) in [5.74, 6) is 0.0560. The van der Waals surface area contributed by atoms with Gasteiger partial charge in [-0.05, 0) is 19.8 Å². The summed E-state index contributed by atoms with van der Waals surface area (Å²) in [5.41, 5.74) is -0.466. The molecular weight excluding hydrogens is 242 g/mol. The van der Waals surface area contributed by atoms with Gasteiger partial charge in [0.2, 0.25) is 0 Å². The summed E-state index contributed by atoms with van der Waals surface area (Å²) < 4.78 is 4.80. The summed E-state index contributed by atoms with van der Waals surface area (Å²) in [6.07, 6.45) is 4.35. The van der Waals surface area contributed by atoms with Gasteiger partial charge in [0.1, 0.15) is 0 Å². The summed E-state index contributed by atoms with van der Waals surface area (Å²) in [6, 6.07) is 0. The molecule has 4 nitrogen and oxygen atoms in total. The van der Waals surface area contributed by atoms with Crippen LogP contribution in [0.1, 0.15) is 39.0 Å². The molecule has 1 rings (SSSR count). The Hall–Kier alpha value is -0.770. The second kappa shape index (κ2) is 6.84. The first kappa shape index (κ1) is 14.3. The molecule has 1 aliphatic carbocycles. The summed E-state index contributed by atoms with van der Waals surface area (Å²) >= 11 is 5.66. The van der Waals surface area contributed by atoms with E-state index in [1.165, 1.54) is 0 Å². The Morgan fingerprint density at radius 2 is 1.94 bits per heavy atom. The number of nitrogens with one attached hydrogen (secondary N) is 1. The van der Waals surface area contributed by atoms with Crippen LogP contribution in [0.25, 0.3) is 0 Å². The van der Waals surface area contributed by atoms with Crippen molar-refractivity contribution >= 4 is 23.5 Å². The van der Waals surface area contributed by atoms with Crippen LogP contribution in [0.3, 0.4) is 0 Å². The van der Waals surface area contributed by atoms with E-state index >= 15 is 0 Å². The zero-order chi connectivity index (χ0) is 12.7. The number of hydrogen-bond donors (Lipinski definition) is 1. The third kappa shape index (κ3) is 3.87. The largest absolute Gasteiger partial charge is 0.450 e. The lowest BCUT2D eigenvalue weighted by atomic mass is 9.71. The van der Waals surface area contributed by atoms with Crippen LogP contribution >= 0.6 is 11.6 Å². The number of amides is 1. The highest BCUT2D eigenvalue weighted by Gasteiger charge is 2.38. The minimum Gasteiger partial charge on any atom is -0.450 e. The van der Waals surface area contributed by atoms with Crippen LogP contribution in [0, 0.1) is 5.41 Å². The maximum Gasteiger partial charge on any atom is 0.407 e. The van der Waals surface area contributed by atoms with E-state index in [4.69, 9.17) is 16.3 Å². The quantitative estimate of drug-likeness (QED) is 0.774. The number of alkyl carbamates (subject to hydrolysis) is 1. The number of ether oxygens (including phenoxy) is 1. The SMILES string of the molecule is CCOC(=O)NCC1(C(=O)CCl)CCCCC1. The molecule has 0 spiro atoms. The molecule has 0 saturated heterocycles. The molecule has 0 aromatic heterocycles. The van der Waals surface area contributed by atoms with E-state index in [0.717, 1.165) is 32.1 Å². The van der Waals surface area contributed by atoms with Crippen LogP contribution in [-0.2, 0) is 9.53 Å². The Labute approximate surface area is 107 Å². The molecule has 0 bridgehead atoms. The van der Waals surface area contributed by atoms with Crippen molar-refractivity contribution < 1.29 is 14.3 Å². The van der Waals surface area contributed by atoms with Gasteiger partial charge in [-0.1, -0.05) is 19.3 Å². The van der Waals surface area contributed by atoms with Gasteiger partial charge in [0.05, 0.1) is 12.5 Å². The summed E-state index contributed by atoms with van der Waals surface area (Å²) in [5, 5.41) is 2.67. The van der Waals surface area contributed by atoms with E-state index in [0.29, 0.717) is 13.2 Å². The first-order valence-corrected chi connectivity index (χ1v) is 6.68. The molecule has 5 heteroatoms. The molecule has 1 N–H and O–H groups in total. The van der Waals surface area contributed by atoms with E-state index in [1.54, 1.807) is 6.92 Å². The highest BCUT2D eigenvalue weighted by atomic mass is 35.5. The molecule has 1 aliphatic rings. The second-order valence-corrected chi connectivity index (χ2v) is 4.74. The fourth-order valence-corrected chi connectivity index (χ4v) is 2.63. The monoisotopic (exact) mass is 261 g/mol. The van der Waals surface area contributed by atoms with Crippen molar-refractivity contribution in [1.29, 1.82) is 0 Å². The Morgan fingerprint density at radius 3 is 2.47 bits per heavy atom. The fourth-order valence-electron chi connectivity index (χ4n) is 2.35. The number of hydrogen-bond acceptors (Lipinski definition) is 3. The van der Waals surface area contributed by atoms with Gasteiger partial charge in [-0.2, -0.15) is 0 Å². The van der Waals surface area contributed by atoms with Gasteiger partial charge in [-0.3, -0.25) is 4.79 Å². The van der Waals surface area contributed by atoms with Gasteiger partial charge in [0, 0.05) is 12.0 Å². The number of carbonyl (C=O) groups is 2. The Morgan fingerprint density at radius 1 is 1.29 bits per heavy atom. The molecule has 1 saturated carbocycles. The van der Waals surface area contributed by atoms with Gasteiger partial charge in [-0.15, -0.1) is 11.6 Å². The highest BCUT2D eigenvalue weighted by Crippen LogP contribution is 2.37. The average Bonchev–Trinajstić information content (AvgIpc) is 2.37. The van der Waals surface area contributed by atoms with E-state index in [-0.39, 0.29) is 11.7 Å². The lowest BCUT2D eigenvalue weighted by molar-refractivity contribution is -0.127. The standard InChI is InChI=1S/C12H20ClNO3/c1-2-17-11(16)14-9-12(10(15)8-13)6-4-3-5-7-12/h2-9H2,1H3,(H,14,16). The Bertz CT molecular complexity index is 275. The predicted octanol–water partition coefficient (Wildman–Crippen LogP) is 2.49. The van der Waals surface area contributed by atoms with Crippen molar-refractivity contribution in [3.63, 3.8) is 0 Å². The average molecular weight is 262 g/mol. The van der Waals surface area contributed by atoms with E-state index in [1.807, 2.05) is 0 Å². The molecule has 0 aromatic carbocycles. The number of Topliss-reactive ketones (excluding diaryl/α,β-unsaturated/α-hetero) is 1. The number of carbonyl (C=O) groups excluding carboxylic acids is 2. The minimum absolute atomic E-state index is 0.0184. The van der Waals surface area contributed by atoms with Crippen LogP contribution in [0.15, 0.2) is 0 Å². The zero-order valence-electron chi connectivity index (χ0n) is 10.3. The zero-order valence-corrected chi connectivity index (χ0v) is 11.0. The van der Waals surface area contributed by atoms with Crippen molar-refractivity contribution in [3.8, 4) is 0 Å². The minimum atomic E-state index is -0.466. The highest BCUT2D eigenvalue weighted by molar-refractivity contribution is 6.28. The van der Waals surface area contributed by atoms with Gasteiger partial charge in [0.15, 0.2) is 5.78 Å². The Kier molecular flexibility index (Phi) is 5.75. The van der Waals surface area contributed by atoms with Crippen molar-refractivity contribution in [1.82, 2.24) is 5.32 Å². The predicted molar refractivity (Wildman–Crippen MR) is 66.3 cm³/mol. The molecule has 0 heterocycles. The second-order valence-electron chi connectivity index (χ2n) is 4.47. The maximum atomic E-state index is 11.9. The van der Waals surface area contributed by atoms with E-state index in [9.17, 15) is 9.59 Å². The van der Waals surface area contributed by atoms with Crippen LogP contribution in [-0.4, -0.2) is 30.9 Å². The number of halogens is 1. The van der Waals surface area contributed by atoms with Crippen molar-refractivity contribution in [2.24, 2.45) is 5.41 Å². The first-order chi connectivity index (χ1) is 8.14. The topological polar surface area (TPSA) is 55.4 Å². The fraction of sp³-hybridized carbons (Fsp3) is 0.833. The molecule has 1 amide bonds. The molecule has 0 radical (unpaired) electrons. The molecule has 0 unspecified atom stereocenters. The number of alkyl halides is 1. The summed E-state index contributed by atoms with van der Waals surface area (Å²) in [7, 11) is 0.